The minimum absolute atomic E-state index is 0.155. The van der Waals surface area contributed by atoms with Crippen molar-refractivity contribution in [2.45, 2.75) is 32.4 Å². The molecule has 1 heterocycles. The molecule has 1 aliphatic rings. The Bertz CT molecular complexity index is 301. The largest absolute Gasteiger partial charge is 0.467 e. The first-order chi connectivity index (χ1) is 8.42. The summed E-state index contributed by atoms with van der Waals surface area (Å²) < 4.78 is 4.69. The number of hydrogen-bond donors (Lipinski definition) is 2. The van der Waals surface area contributed by atoms with Crippen LogP contribution >= 0.6 is 0 Å². The molecule has 0 aromatic rings. The van der Waals surface area contributed by atoms with Crippen LogP contribution in [-0.2, 0) is 14.3 Å². The maximum absolute atomic E-state index is 11.8. The summed E-state index contributed by atoms with van der Waals surface area (Å²) in [5, 5.41) is 2.72. The van der Waals surface area contributed by atoms with E-state index in [1.165, 1.54) is 7.11 Å². The van der Waals surface area contributed by atoms with Crippen molar-refractivity contribution in [3.63, 3.8) is 0 Å². The van der Waals surface area contributed by atoms with Crippen molar-refractivity contribution in [2.75, 3.05) is 26.7 Å². The number of carbonyl (C=O) groups excluding carboxylic acids is 2. The molecule has 0 spiro atoms. The maximum Gasteiger partial charge on any atom is 0.328 e. The van der Waals surface area contributed by atoms with Gasteiger partial charge in [0.25, 0.3) is 0 Å². The van der Waals surface area contributed by atoms with Gasteiger partial charge < -0.3 is 15.8 Å². The lowest BCUT2D eigenvalue weighted by Crippen LogP contribution is -2.58. The molecule has 6 nitrogen and oxygen atoms in total. The molecule has 0 saturated carbocycles. The second-order valence-electron chi connectivity index (χ2n) is 5.23. The number of rotatable bonds is 6. The standard InChI is InChI=1S/C12H23N3O3/c1-8(2)4-10(12(17)18-3)14-11(16)7-15-5-9(13)6-15/h8-10H,4-7,13H2,1-3H3,(H,14,16). The van der Waals surface area contributed by atoms with Crippen LogP contribution in [0.15, 0.2) is 0 Å². The lowest BCUT2D eigenvalue weighted by Gasteiger charge is -2.36. The first kappa shape index (κ1) is 14.9. The van der Waals surface area contributed by atoms with Gasteiger partial charge in [0, 0.05) is 19.1 Å². The van der Waals surface area contributed by atoms with E-state index in [1.807, 2.05) is 18.7 Å². The summed E-state index contributed by atoms with van der Waals surface area (Å²) in [6.45, 7) is 5.76. The highest BCUT2D eigenvalue weighted by Crippen LogP contribution is 2.07. The van der Waals surface area contributed by atoms with Gasteiger partial charge in [0.1, 0.15) is 6.04 Å². The van der Waals surface area contributed by atoms with Crippen molar-refractivity contribution in [3.05, 3.63) is 0 Å². The zero-order valence-corrected chi connectivity index (χ0v) is 11.3. The number of nitrogens with two attached hydrogens (primary N) is 1. The van der Waals surface area contributed by atoms with Crippen molar-refractivity contribution < 1.29 is 14.3 Å². The number of nitrogens with zero attached hydrogens (tertiary/aromatic N) is 1. The number of nitrogens with one attached hydrogen (secondary N) is 1. The molecule has 1 fully saturated rings. The Hall–Kier alpha value is -1.14. The Morgan fingerprint density at radius 1 is 1.44 bits per heavy atom. The van der Waals surface area contributed by atoms with Crippen molar-refractivity contribution in [1.29, 1.82) is 0 Å². The molecule has 1 aliphatic heterocycles. The van der Waals surface area contributed by atoms with E-state index in [9.17, 15) is 9.59 Å². The Morgan fingerprint density at radius 2 is 2.06 bits per heavy atom. The van der Waals surface area contributed by atoms with E-state index in [0.717, 1.165) is 13.1 Å². The number of hydrogen-bond acceptors (Lipinski definition) is 5. The van der Waals surface area contributed by atoms with Gasteiger partial charge in [0.05, 0.1) is 13.7 Å². The second-order valence-corrected chi connectivity index (χ2v) is 5.23. The van der Waals surface area contributed by atoms with Crippen LogP contribution in [0.5, 0.6) is 0 Å². The van der Waals surface area contributed by atoms with Crippen molar-refractivity contribution in [2.24, 2.45) is 11.7 Å². The molecule has 1 saturated heterocycles. The van der Waals surface area contributed by atoms with Crippen LogP contribution in [0.3, 0.4) is 0 Å². The predicted molar refractivity (Wildman–Crippen MR) is 67.8 cm³/mol. The van der Waals surface area contributed by atoms with Crippen molar-refractivity contribution in [1.82, 2.24) is 10.2 Å². The number of likely N-dealkylation sites (tertiary alicyclic amines) is 1. The second kappa shape index (κ2) is 6.70. The normalized spacial score (nSPS) is 18.3. The molecule has 0 bridgehead atoms. The van der Waals surface area contributed by atoms with Gasteiger partial charge in [-0.2, -0.15) is 0 Å². The fourth-order valence-electron chi connectivity index (χ4n) is 2.01. The molecule has 1 atom stereocenters. The first-order valence-corrected chi connectivity index (χ1v) is 6.27. The van der Waals surface area contributed by atoms with Gasteiger partial charge in [0.2, 0.25) is 5.91 Å². The molecule has 0 radical (unpaired) electrons. The molecule has 104 valence electrons. The molecule has 1 unspecified atom stereocenters. The van der Waals surface area contributed by atoms with Crippen molar-refractivity contribution >= 4 is 11.9 Å². The number of ether oxygens (including phenoxy) is 1. The van der Waals surface area contributed by atoms with Crippen LogP contribution in [-0.4, -0.2) is 55.6 Å². The SMILES string of the molecule is COC(=O)C(CC(C)C)NC(=O)CN1CC(N)C1. The van der Waals surface area contributed by atoms with E-state index in [4.69, 9.17) is 5.73 Å². The van der Waals surface area contributed by atoms with Crippen LogP contribution in [0.25, 0.3) is 0 Å². The van der Waals surface area contributed by atoms with Gasteiger partial charge in [-0.05, 0) is 12.3 Å². The summed E-state index contributed by atoms with van der Waals surface area (Å²) in [6.07, 6.45) is 0.581. The summed E-state index contributed by atoms with van der Waals surface area (Å²) in [6, 6.07) is -0.387. The van der Waals surface area contributed by atoms with E-state index in [-0.39, 0.29) is 11.9 Å². The van der Waals surface area contributed by atoms with Gasteiger partial charge in [-0.25, -0.2) is 4.79 Å². The number of amides is 1. The molecular formula is C12H23N3O3. The first-order valence-electron chi connectivity index (χ1n) is 6.27. The van der Waals surface area contributed by atoms with E-state index in [1.54, 1.807) is 0 Å². The van der Waals surface area contributed by atoms with Crippen LogP contribution in [0.1, 0.15) is 20.3 Å². The third-order valence-electron chi connectivity index (χ3n) is 2.88. The highest BCUT2D eigenvalue weighted by Gasteiger charge is 2.27. The Kier molecular flexibility index (Phi) is 5.55. The summed E-state index contributed by atoms with van der Waals surface area (Å²) in [5.74, 6) is -0.234. The van der Waals surface area contributed by atoms with Gasteiger partial charge in [-0.15, -0.1) is 0 Å². The minimum Gasteiger partial charge on any atom is -0.467 e. The fraction of sp³-hybridized carbons (Fsp3) is 0.833. The van der Waals surface area contributed by atoms with Crippen LogP contribution in [0, 0.1) is 5.92 Å². The quantitative estimate of drug-likeness (QED) is 0.617. The Morgan fingerprint density at radius 3 is 2.50 bits per heavy atom. The maximum atomic E-state index is 11.8. The average molecular weight is 257 g/mol. The molecular weight excluding hydrogens is 234 g/mol. The minimum atomic E-state index is -0.558. The summed E-state index contributed by atoms with van der Waals surface area (Å²) >= 11 is 0. The van der Waals surface area contributed by atoms with E-state index in [0.29, 0.717) is 18.9 Å². The van der Waals surface area contributed by atoms with Gasteiger partial charge in [-0.3, -0.25) is 9.69 Å². The topological polar surface area (TPSA) is 84.7 Å². The lowest BCUT2D eigenvalue weighted by atomic mass is 10.0. The van der Waals surface area contributed by atoms with E-state index < -0.39 is 12.0 Å². The van der Waals surface area contributed by atoms with Crippen LogP contribution in [0.2, 0.25) is 0 Å². The van der Waals surface area contributed by atoms with Crippen molar-refractivity contribution in [3.8, 4) is 0 Å². The molecule has 1 rings (SSSR count). The highest BCUT2D eigenvalue weighted by molar-refractivity contribution is 5.85. The zero-order valence-electron chi connectivity index (χ0n) is 11.3. The highest BCUT2D eigenvalue weighted by atomic mass is 16.5. The van der Waals surface area contributed by atoms with E-state index in [2.05, 4.69) is 10.1 Å². The van der Waals surface area contributed by atoms with Gasteiger partial charge in [-0.1, -0.05) is 13.8 Å². The fourth-order valence-corrected chi connectivity index (χ4v) is 2.01. The van der Waals surface area contributed by atoms with E-state index >= 15 is 0 Å². The summed E-state index contributed by atoms with van der Waals surface area (Å²) in [5.41, 5.74) is 5.63. The monoisotopic (exact) mass is 257 g/mol. The Balaban J connectivity index is 2.39. The molecule has 6 heteroatoms. The van der Waals surface area contributed by atoms with Crippen LogP contribution in [0.4, 0.5) is 0 Å². The van der Waals surface area contributed by atoms with Crippen LogP contribution < -0.4 is 11.1 Å². The molecule has 1 amide bonds. The van der Waals surface area contributed by atoms with Gasteiger partial charge >= 0.3 is 5.97 Å². The molecule has 0 aromatic carbocycles. The molecule has 0 aliphatic carbocycles. The van der Waals surface area contributed by atoms with Gasteiger partial charge in [0.15, 0.2) is 0 Å². The molecule has 3 N–H and O–H groups in total. The summed E-state index contributed by atoms with van der Waals surface area (Å²) in [7, 11) is 1.33. The number of esters is 1. The smallest absolute Gasteiger partial charge is 0.328 e. The summed E-state index contributed by atoms with van der Waals surface area (Å²) in [4.78, 5) is 25.2. The molecule has 18 heavy (non-hydrogen) atoms. The lowest BCUT2D eigenvalue weighted by molar-refractivity contribution is -0.145. The average Bonchev–Trinajstić information content (AvgIpc) is 2.24. The molecule has 0 aromatic heterocycles. The third-order valence-corrected chi connectivity index (χ3v) is 2.88. The third kappa shape index (κ3) is 4.62. The Labute approximate surface area is 108 Å². The number of methoxy groups -OCH3 is 1. The zero-order chi connectivity index (χ0) is 13.7. The number of carbonyl (C=O) groups is 2. The predicted octanol–water partition coefficient (Wildman–Crippen LogP) is -0.667.